The van der Waals surface area contributed by atoms with E-state index in [0.29, 0.717) is 12.5 Å². The summed E-state index contributed by atoms with van der Waals surface area (Å²) in [6.45, 7) is 4.42. The minimum absolute atomic E-state index is 0.0169. The van der Waals surface area contributed by atoms with Crippen LogP contribution in [0, 0.1) is 12.7 Å². The van der Waals surface area contributed by atoms with Gasteiger partial charge in [0.05, 0.1) is 12.1 Å². The number of guanidine groups is 1. The molecular formula is C18H24FN3O2. The molecule has 0 aliphatic heterocycles. The maximum Gasteiger partial charge on any atom is 0.191 e. The molecule has 2 aromatic rings. The molecule has 0 amide bonds. The molecule has 1 heterocycles. The number of benzene rings is 1. The molecule has 1 aromatic carbocycles. The number of ether oxygens (including phenoxy) is 1. The van der Waals surface area contributed by atoms with Crippen molar-refractivity contribution >= 4 is 5.96 Å². The average Bonchev–Trinajstić information content (AvgIpc) is 3.02. The van der Waals surface area contributed by atoms with E-state index in [1.165, 1.54) is 12.1 Å². The molecule has 6 heteroatoms. The minimum atomic E-state index is -0.262. The number of furan rings is 1. The second kappa shape index (κ2) is 8.49. The Bertz CT molecular complexity index is 667. The van der Waals surface area contributed by atoms with Crippen molar-refractivity contribution in [3.05, 3.63) is 59.3 Å². The smallest absolute Gasteiger partial charge is 0.191 e. The molecular weight excluding hydrogens is 309 g/mol. The topological polar surface area (TPSA) is 58.8 Å². The maximum absolute atomic E-state index is 13.0. The summed E-state index contributed by atoms with van der Waals surface area (Å²) in [5.41, 5.74) is 0.900. The van der Waals surface area contributed by atoms with Crippen LogP contribution in [0.5, 0.6) is 0 Å². The third-order valence-electron chi connectivity index (χ3n) is 3.75. The Hall–Kier alpha value is -2.34. The molecule has 0 aliphatic rings. The van der Waals surface area contributed by atoms with Crippen molar-refractivity contribution in [1.29, 1.82) is 0 Å². The summed E-state index contributed by atoms with van der Waals surface area (Å²) < 4.78 is 24.1. The largest absolute Gasteiger partial charge is 0.464 e. The van der Waals surface area contributed by atoms with Gasteiger partial charge in [-0.3, -0.25) is 4.99 Å². The van der Waals surface area contributed by atoms with Gasteiger partial charge in [0.2, 0.25) is 0 Å². The first-order valence-electron chi connectivity index (χ1n) is 7.85. The molecule has 1 aromatic heterocycles. The fourth-order valence-corrected chi connectivity index (χ4v) is 2.36. The van der Waals surface area contributed by atoms with E-state index >= 15 is 0 Å². The number of methoxy groups -OCH3 is 1. The van der Waals surface area contributed by atoms with Crippen LogP contribution in [0.15, 0.2) is 45.8 Å². The molecule has 0 fully saturated rings. The lowest BCUT2D eigenvalue weighted by atomic mass is 10.1. The summed E-state index contributed by atoms with van der Waals surface area (Å²) in [5.74, 6) is 2.09. The molecule has 0 saturated heterocycles. The molecule has 0 spiro atoms. The third-order valence-corrected chi connectivity index (χ3v) is 3.75. The monoisotopic (exact) mass is 333 g/mol. The lowest BCUT2D eigenvalue weighted by Gasteiger charge is -2.20. The van der Waals surface area contributed by atoms with Gasteiger partial charge in [-0.15, -0.1) is 0 Å². The van der Waals surface area contributed by atoms with Crippen molar-refractivity contribution in [2.45, 2.75) is 26.0 Å². The second-order valence-electron chi connectivity index (χ2n) is 5.54. The van der Waals surface area contributed by atoms with E-state index in [-0.39, 0.29) is 18.0 Å². The van der Waals surface area contributed by atoms with Gasteiger partial charge in [-0.25, -0.2) is 4.39 Å². The number of nitrogens with one attached hydrogen (secondary N) is 2. The summed E-state index contributed by atoms with van der Waals surface area (Å²) in [6, 6.07) is 10.1. The van der Waals surface area contributed by atoms with Gasteiger partial charge >= 0.3 is 0 Å². The van der Waals surface area contributed by atoms with Crippen molar-refractivity contribution in [3.63, 3.8) is 0 Å². The maximum atomic E-state index is 13.0. The van der Waals surface area contributed by atoms with Crippen LogP contribution in [0.25, 0.3) is 0 Å². The van der Waals surface area contributed by atoms with E-state index in [1.807, 2.05) is 26.0 Å². The van der Waals surface area contributed by atoms with Gasteiger partial charge in [0, 0.05) is 20.7 Å². The normalized spacial score (nSPS) is 14.3. The highest BCUT2D eigenvalue weighted by Crippen LogP contribution is 2.17. The Morgan fingerprint density at radius 1 is 1.25 bits per heavy atom. The Kier molecular flexibility index (Phi) is 6.37. The number of nitrogens with zero attached hydrogens (tertiary/aromatic N) is 1. The minimum Gasteiger partial charge on any atom is -0.464 e. The van der Waals surface area contributed by atoms with Crippen LogP contribution >= 0.6 is 0 Å². The van der Waals surface area contributed by atoms with Gasteiger partial charge in [-0.2, -0.15) is 0 Å². The Labute approximate surface area is 141 Å². The molecule has 0 radical (unpaired) electrons. The molecule has 2 N–H and O–H groups in total. The zero-order valence-corrected chi connectivity index (χ0v) is 14.5. The van der Waals surface area contributed by atoms with Crippen LogP contribution in [0.4, 0.5) is 4.39 Å². The highest BCUT2D eigenvalue weighted by molar-refractivity contribution is 5.80. The zero-order chi connectivity index (χ0) is 17.5. The van der Waals surface area contributed by atoms with Crippen LogP contribution in [0.3, 0.4) is 0 Å². The highest BCUT2D eigenvalue weighted by atomic mass is 19.1. The van der Waals surface area contributed by atoms with Crippen molar-refractivity contribution in [2.24, 2.45) is 4.99 Å². The van der Waals surface area contributed by atoms with E-state index in [4.69, 9.17) is 9.15 Å². The van der Waals surface area contributed by atoms with Gasteiger partial charge in [-0.1, -0.05) is 12.1 Å². The molecule has 0 saturated carbocycles. The second-order valence-corrected chi connectivity index (χ2v) is 5.54. The zero-order valence-electron chi connectivity index (χ0n) is 14.5. The average molecular weight is 333 g/mol. The summed E-state index contributed by atoms with van der Waals surface area (Å²) in [7, 11) is 3.33. The Morgan fingerprint density at radius 2 is 1.96 bits per heavy atom. The molecule has 24 heavy (non-hydrogen) atoms. The molecule has 130 valence electrons. The van der Waals surface area contributed by atoms with E-state index < -0.39 is 0 Å². The SMILES string of the molecule is CN=C(NCC(OC)c1ccc(F)cc1)NC(C)c1ccc(C)o1. The Balaban J connectivity index is 1.93. The molecule has 2 atom stereocenters. The van der Waals surface area contributed by atoms with Crippen molar-refractivity contribution in [1.82, 2.24) is 10.6 Å². The van der Waals surface area contributed by atoms with Gasteiger partial charge in [0.25, 0.3) is 0 Å². The van der Waals surface area contributed by atoms with Crippen LogP contribution in [0.1, 0.15) is 36.2 Å². The highest BCUT2D eigenvalue weighted by Gasteiger charge is 2.14. The van der Waals surface area contributed by atoms with Crippen LogP contribution in [-0.4, -0.2) is 26.7 Å². The number of rotatable bonds is 6. The molecule has 0 aliphatic carbocycles. The summed E-state index contributed by atoms with van der Waals surface area (Å²) in [5, 5.41) is 6.49. The van der Waals surface area contributed by atoms with E-state index in [0.717, 1.165) is 17.1 Å². The predicted octanol–water partition coefficient (Wildman–Crippen LogP) is 3.34. The third kappa shape index (κ3) is 4.83. The molecule has 5 nitrogen and oxygen atoms in total. The number of aryl methyl sites for hydroxylation is 1. The van der Waals surface area contributed by atoms with Crippen LogP contribution in [0.2, 0.25) is 0 Å². The quantitative estimate of drug-likeness (QED) is 0.629. The number of hydrogen-bond donors (Lipinski definition) is 2. The standard InChI is InChI=1S/C18H24FN3O2/c1-12-5-10-16(24-12)13(2)22-18(20-3)21-11-17(23-4)14-6-8-15(19)9-7-14/h5-10,13,17H,11H2,1-4H3,(H2,20,21,22). The first kappa shape index (κ1) is 18.0. The number of hydrogen-bond acceptors (Lipinski definition) is 3. The van der Waals surface area contributed by atoms with E-state index in [1.54, 1.807) is 26.3 Å². The van der Waals surface area contributed by atoms with Gasteiger partial charge in [0.15, 0.2) is 5.96 Å². The van der Waals surface area contributed by atoms with Crippen LogP contribution < -0.4 is 10.6 Å². The molecule has 0 bridgehead atoms. The van der Waals surface area contributed by atoms with Crippen molar-refractivity contribution in [3.8, 4) is 0 Å². The van der Waals surface area contributed by atoms with E-state index in [9.17, 15) is 4.39 Å². The van der Waals surface area contributed by atoms with Gasteiger partial charge in [0.1, 0.15) is 17.3 Å². The van der Waals surface area contributed by atoms with Gasteiger partial charge in [-0.05, 0) is 43.7 Å². The number of halogens is 1. The first-order chi connectivity index (χ1) is 11.5. The van der Waals surface area contributed by atoms with E-state index in [2.05, 4.69) is 15.6 Å². The lowest BCUT2D eigenvalue weighted by Crippen LogP contribution is -2.40. The fraction of sp³-hybridized carbons (Fsp3) is 0.389. The van der Waals surface area contributed by atoms with Crippen molar-refractivity contribution in [2.75, 3.05) is 20.7 Å². The lowest BCUT2D eigenvalue weighted by molar-refractivity contribution is 0.106. The predicted molar refractivity (Wildman–Crippen MR) is 92.5 cm³/mol. The number of aliphatic imine (C=N–C) groups is 1. The van der Waals surface area contributed by atoms with Crippen molar-refractivity contribution < 1.29 is 13.5 Å². The molecule has 2 unspecified atom stereocenters. The first-order valence-corrected chi connectivity index (χ1v) is 7.85. The summed E-state index contributed by atoms with van der Waals surface area (Å²) in [6.07, 6.45) is -0.203. The van der Waals surface area contributed by atoms with Gasteiger partial charge < -0.3 is 19.8 Å². The summed E-state index contributed by atoms with van der Waals surface area (Å²) in [4.78, 5) is 4.21. The Morgan fingerprint density at radius 3 is 2.50 bits per heavy atom. The fourth-order valence-electron chi connectivity index (χ4n) is 2.36. The van der Waals surface area contributed by atoms with Crippen LogP contribution in [-0.2, 0) is 4.74 Å². The molecule has 2 rings (SSSR count). The summed E-state index contributed by atoms with van der Waals surface area (Å²) >= 11 is 0.